The lowest BCUT2D eigenvalue weighted by Gasteiger charge is -2.31. The lowest BCUT2D eigenvalue weighted by molar-refractivity contribution is 0.500. The molecule has 0 aliphatic heterocycles. The SMILES string of the molecule is Fc1ccccc1C(CBr)(CBr)Cc1ccccc1Br. The highest BCUT2D eigenvalue weighted by molar-refractivity contribution is 9.10. The van der Waals surface area contributed by atoms with E-state index in [1.807, 2.05) is 30.3 Å². The molecule has 0 atom stereocenters. The second kappa shape index (κ2) is 7.19. The van der Waals surface area contributed by atoms with Gasteiger partial charge in [-0.15, -0.1) is 0 Å². The first-order chi connectivity index (χ1) is 9.63. The second-order valence-electron chi connectivity index (χ2n) is 4.80. The molecule has 0 radical (unpaired) electrons. The lowest BCUT2D eigenvalue weighted by Crippen LogP contribution is -2.34. The average molecular weight is 465 g/mol. The van der Waals surface area contributed by atoms with E-state index in [9.17, 15) is 4.39 Å². The van der Waals surface area contributed by atoms with Gasteiger partial charge in [-0.25, -0.2) is 4.39 Å². The predicted molar refractivity (Wildman–Crippen MR) is 93.5 cm³/mol. The van der Waals surface area contributed by atoms with Crippen LogP contribution in [0, 0.1) is 5.82 Å². The third-order valence-electron chi connectivity index (χ3n) is 3.44. The van der Waals surface area contributed by atoms with E-state index in [1.165, 1.54) is 11.6 Å². The summed E-state index contributed by atoms with van der Waals surface area (Å²) in [6, 6.07) is 15.1. The molecular formula is C16H14Br3F. The molecular weight excluding hydrogens is 451 g/mol. The van der Waals surface area contributed by atoms with Gasteiger partial charge in [0.2, 0.25) is 0 Å². The molecule has 0 spiro atoms. The zero-order valence-corrected chi connectivity index (χ0v) is 15.5. The van der Waals surface area contributed by atoms with Gasteiger partial charge in [-0.2, -0.15) is 0 Å². The van der Waals surface area contributed by atoms with Gasteiger partial charge in [0.1, 0.15) is 5.82 Å². The Bertz CT molecular complexity index is 579. The Kier molecular flexibility index (Phi) is 5.82. The van der Waals surface area contributed by atoms with E-state index in [1.54, 1.807) is 6.07 Å². The van der Waals surface area contributed by atoms with Crippen molar-refractivity contribution in [3.05, 3.63) is 69.9 Å². The highest BCUT2D eigenvalue weighted by Crippen LogP contribution is 2.36. The Morgan fingerprint density at radius 1 is 0.900 bits per heavy atom. The Hall–Kier alpha value is -0.190. The molecule has 0 bridgehead atoms. The molecule has 0 aliphatic carbocycles. The fraction of sp³-hybridized carbons (Fsp3) is 0.250. The quantitative estimate of drug-likeness (QED) is 0.486. The van der Waals surface area contributed by atoms with E-state index in [0.717, 1.165) is 16.5 Å². The molecule has 0 fully saturated rings. The molecule has 2 aromatic carbocycles. The van der Waals surface area contributed by atoms with Crippen LogP contribution in [0.2, 0.25) is 0 Å². The van der Waals surface area contributed by atoms with Crippen molar-refractivity contribution in [2.24, 2.45) is 0 Å². The van der Waals surface area contributed by atoms with Crippen molar-refractivity contribution in [1.82, 2.24) is 0 Å². The Morgan fingerprint density at radius 2 is 1.50 bits per heavy atom. The molecule has 0 aromatic heterocycles. The summed E-state index contributed by atoms with van der Waals surface area (Å²) in [6.45, 7) is 0. The molecule has 4 heteroatoms. The summed E-state index contributed by atoms with van der Waals surface area (Å²) < 4.78 is 15.3. The first-order valence-electron chi connectivity index (χ1n) is 6.23. The van der Waals surface area contributed by atoms with Gasteiger partial charge in [0.15, 0.2) is 0 Å². The summed E-state index contributed by atoms with van der Waals surface area (Å²) in [7, 11) is 0. The molecule has 0 N–H and O–H groups in total. The Balaban J connectivity index is 2.46. The maximum Gasteiger partial charge on any atom is 0.127 e. The van der Waals surface area contributed by atoms with Gasteiger partial charge in [-0.05, 0) is 29.7 Å². The number of alkyl halides is 2. The van der Waals surface area contributed by atoms with Crippen molar-refractivity contribution in [3.63, 3.8) is 0 Å². The second-order valence-corrected chi connectivity index (χ2v) is 6.77. The fourth-order valence-corrected chi connectivity index (χ4v) is 4.62. The van der Waals surface area contributed by atoms with Gasteiger partial charge >= 0.3 is 0 Å². The lowest BCUT2D eigenvalue weighted by atomic mass is 9.79. The van der Waals surface area contributed by atoms with Crippen molar-refractivity contribution >= 4 is 47.8 Å². The first kappa shape index (κ1) is 16.2. The minimum Gasteiger partial charge on any atom is -0.207 e. The van der Waals surface area contributed by atoms with Gasteiger partial charge < -0.3 is 0 Å². The summed E-state index contributed by atoms with van der Waals surface area (Å²) in [5.41, 5.74) is 1.61. The molecule has 0 nitrogen and oxygen atoms in total. The van der Waals surface area contributed by atoms with E-state index in [4.69, 9.17) is 0 Å². The first-order valence-corrected chi connectivity index (χ1v) is 9.27. The van der Waals surface area contributed by atoms with Crippen molar-refractivity contribution in [1.29, 1.82) is 0 Å². The molecule has 2 aromatic rings. The largest absolute Gasteiger partial charge is 0.207 e. The van der Waals surface area contributed by atoms with Crippen LogP contribution < -0.4 is 0 Å². The van der Waals surface area contributed by atoms with Crippen molar-refractivity contribution in [2.45, 2.75) is 11.8 Å². The van der Waals surface area contributed by atoms with Crippen LogP contribution in [0.25, 0.3) is 0 Å². The summed E-state index contributed by atoms with van der Waals surface area (Å²) >= 11 is 10.7. The number of benzene rings is 2. The van der Waals surface area contributed by atoms with Crippen LogP contribution in [-0.4, -0.2) is 10.7 Å². The van der Waals surface area contributed by atoms with Crippen molar-refractivity contribution in [3.8, 4) is 0 Å². The minimum atomic E-state index is -0.310. The minimum absolute atomic E-state index is 0.154. The van der Waals surface area contributed by atoms with E-state index >= 15 is 0 Å². The summed E-state index contributed by atoms with van der Waals surface area (Å²) in [5, 5.41) is 1.38. The van der Waals surface area contributed by atoms with E-state index in [2.05, 4.69) is 53.9 Å². The molecule has 0 amide bonds. The number of hydrogen-bond acceptors (Lipinski definition) is 0. The number of halogens is 4. The van der Waals surface area contributed by atoms with E-state index < -0.39 is 0 Å². The molecule has 0 saturated heterocycles. The Morgan fingerprint density at radius 3 is 2.10 bits per heavy atom. The molecule has 0 heterocycles. The molecule has 106 valence electrons. The average Bonchev–Trinajstić information content (AvgIpc) is 2.48. The highest BCUT2D eigenvalue weighted by atomic mass is 79.9. The summed E-state index contributed by atoms with van der Waals surface area (Å²) in [4.78, 5) is 0. The zero-order valence-electron chi connectivity index (χ0n) is 10.8. The predicted octanol–water partition coefficient (Wildman–Crippen LogP) is 5.86. The maximum absolute atomic E-state index is 14.2. The van der Waals surface area contributed by atoms with Crippen LogP contribution in [-0.2, 0) is 11.8 Å². The standard InChI is InChI=1S/C16H14Br3F/c17-10-16(11-18,13-6-2-4-8-15(13)20)9-12-5-1-3-7-14(12)19/h1-8H,9-11H2. The molecule has 0 saturated carbocycles. The van der Waals surface area contributed by atoms with Gasteiger partial charge in [0, 0.05) is 20.5 Å². The van der Waals surface area contributed by atoms with Crippen molar-refractivity contribution < 1.29 is 4.39 Å². The van der Waals surface area contributed by atoms with Crippen LogP contribution >= 0.6 is 47.8 Å². The zero-order chi connectivity index (χ0) is 14.6. The number of rotatable bonds is 5. The molecule has 2 rings (SSSR count). The van der Waals surface area contributed by atoms with Gasteiger partial charge in [0.25, 0.3) is 0 Å². The van der Waals surface area contributed by atoms with Crippen LogP contribution in [0.1, 0.15) is 11.1 Å². The molecule has 20 heavy (non-hydrogen) atoms. The topological polar surface area (TPSA) is 0 Å². The van der Waals surface area contributed by atoms with Gasteiger partial charge in [0.05, 0.1) is 0 Å². The third kappa shape index (κ3) is 3.34. The maximum atomic E-state index is 14.2. The number of hydrogen-bond donors (Lipinski definition) is 0. The van der Waals surface area contributed by atoms with E-state index in [0.29, 0.717) is 10.7 Å². The Labute approximate surface area is 144 Å². The van der Waals surface area contributed by atoms with Crippen LogP contribution in [0.5, 0.6) is 0 Å². The van der Waals surface area contributed by atoms with Crippen LogP contribution in [0.3, 0.4) is 0 Å². The summed E-state index contributed by atoms with van der Waals surface area (Å²) in [6.07, 6.45) is 0.756. The highest BCUT2D eigenvalue weighted by Gasteiger charge is 2.33. The smallest absolute Gasteiger partial charge is 0.127 e. The monoisotopic (exact) mass is 462 g/mol. The molecule has 0 unspecified atom stereocenters. The van der Waals surface area contributed by atoms with Gasteiger partial charge in [-0.3, -0.25) is 0 Å². The van der Waals surface area contributed by atoms with Crippen molar-refractivity contribution in [2.75, 3.05) is 10.7 Å². The van der Waals surface area contributed by atoms with Gasteiger partial charge in [-0.1, -0.05) is 84.2 Å². The third-order valence-corrected chi connectivity index (χ3v) is 6.36. The fourth-order valence-electron chi connectivity index (χ4n) is 2.27. The molecule has 0 aliphatic rings. The summed E-state index contributed by atoms with van der Waals surface area (Å²) in [5.74, 6) is -0.154. The normalized spacial score (nSPS) is 11.6. The van der Waals surface area contributed by atoms with E-state index in [-0.39, 0.29) is 11.2 Å². The van der Waals surface area contributed by atoms with Crippen LogP contribution in [0.15, 0.2) is 53.0 Å². The van der Waals surface area contributed by atoms with Crippen LogP contribution in [0.4, 0.5) is 4.39 Å².